The number of hydrogen-bond acceptors (Lipinski definition) is 3. The van der Waals surface area contributed by atoms with Gasteiger partial charge >= 0.3 is 0 Å². The molecule has 0 aliphatic heterocycles. The number of benzene rings is 1. The first-order chi connectivity index (χ1) is 9.42. The summed E-state index contributed by atoms with van der Waals surface area (Å²) in [5.74, 6) is 0. The molecule has 0 spiro atoms. The molecule has 90 valence electrons. The second-order valence-corrected chi connectivity index (χ2v) is 4.32. The van der Waals surface area contributed by atoms with Crippen LogP contribution in [-0.2, 0) is 0 Å². The van der Waals surface area contributed by atoms with Gasteiger partial charge in [0, 0.05) is 11.8 Å². The van der Waals surface area contributed by atoms with E-state index in [9.17, 15) is 0 Å². The van der Waals surface area contributed by atoms with Crippen LogP contribution in [0.25, 0.3) is 27.9 Å². The number of pyridine rings is 1. The van der Waals surface area contributed by atoms with Crippen molar-refractivity contribution in [2.24, 2.45) is 0 Å². The van der Waals surface area contributed by atoms with E-state index >= 15 is 0 Å². The van der Waals surface area contributed by atoms with E-state index in [4.69, 9.17) is 0 Å². The SMILES string of the molecule is c1ccc(-c2cnc3nn4ccccc4c3n2)cc1. The lowest BCUT2D eigenvalue weighted by molar-refractivity contribution is 0.971. The van der Waals surface area contributed by atoms with Crippen molar-refractivity contribution in [2.45, 2.75) is 0 Å². The summed E-state index contributed by atoms with van der Waals surface area (Å²) in [6.07, 6.45) is 3.67. The molecule has 4 aromatic rings. The van der Waals surface area contributed by atoms with Crippen LogP contribution >= 0.6 is 0 Å². The van der Waals surface area contributed by atoms with Gasteiger partial charge in [-0.3, -0.25) is 0 Å². The van der Waals surface area contributed by atoms with Gasteiger partial charge in [0.1, 0.15) is 5.52 Å². The van der Waals surface area contributed by atoms with Crippen LogP contribution in [-0.4, -0.2) is 19.6 Å². The number of nitrogens with zero attached hydrogens (tertiary/aromatic N) is 4. The predicted molar refractivity (Wildman–Crippen MR) is 73.7 cm³/mol. The molecule has 4 nitrogen and oxygen atoms in total. The molecule has 0 radical (unpaired) electrons. The second kappa shape index (κ2) is 3.88. The van der Waals surface area contributed by atoms with Gasteiger partial charge < -0.3 is 0 Å². The maximum atomic E-state index is 4.69. The highest BCUT2D eigenvalue weighted by molar-refractivity contribution is 5.89. The van der Waals surface area contributed by atoms with Gasteiger partial charge in [0.25, 0.3) is 0 Å². The first kappa shape index (κ1) is 10.2. The van der Waals surface area contributed by atoms with E-state index in [1.807, 2.05) is 54.7 Å². The fourth-order valence-electron chi connectivity index (χ4n) is 2.19. The van der Waals surface area contributed by atoms with Crippen molar-refractivity contribution >= 4 is 16.7 Å². The molecule has 19 heavy (non-hydrogen) atoms. The first-order valence-electron chi connectivity index (χ1n) is 6.07. The van der Waals surface area contributed by atoms with Crippen molar-refractivity contribution in [3.05, 3.63) is 60.9 Å². The Kier molecular flexibility index (Phi) is 2.08. The highest BCUT2D eigenvalue weighted by Gasteiger charge is 2.08. The van der Waals surface area contributed by atoms with Crippen molar-refractivity contribution in [1.29, 1.82) is 0 Å². The summed E-state index contributed by atoms with van der Waals surface area (Å²) >= 11 is 0. The fourth-order valence-corrected chi connectivity index (χ4v) is 2.19. The topological polar surface area (TPSA) is 43.1 Å². The molecule has 0 amide bonds. The van der Waals surface area contributed by atoms with Gasteiger partial charge in [-0.1, -0.05) is 36.4 Å². The van der Waals surface area contributed by atoms with E-state index < -0.39 is 0 Å². The van der Waals surface area contributed by atoms with Gasteiger partial charge in [0.15, 0.2) is 0 Å². The molecule has 4 rings (SSSR count). The monoisotopic (exact) mass is 246 g/mol. The molecule has 0 bridgehead atoms. The van der Waals surface area contributed by atoms with Crippen LogP contribution in [0.4, 0.5) is 0 Å². The normalized spacial score (nSPS) is 11.2. The van der Waals surface area contributed by atoms with E-state index in [0.717, 1.165) is 22.3 Å². The predicted octanol–water partition coefficient (Wildman–Crippen LogP) is 2.94. The van der Waals surface area contributed by atoms with Crippen molar-refractivity contribution in [1.82, 2.24) is 19.6 Å². The molecule has 0 N–H and O–H groups in total. The summed E-state index contributed by atoms with van der Waals surface area (Å²) in [7, 11) is 0. The molecule has 4 heteroatoms. The van der Waals surface area contributed by atoms with E-state index in [-0.39, 0.29) is 0 Å². The Balaban J connectivity index is 2.03. The number of fused-ring (bicyclic) bond motifs is 3. The van der Waals surface area contributed by atoms with Crippen LogP contribution < -0.4 is 0 Å². The number of aromatic nitrogens is 4. The maximum Gasteiger partial charge on any atom is 0.200 e. The highest BCUT2D eigenvalue weighted by Crippen LogP contribution is 2.21. The maximum absolute atomic E-state index is 4.69. The van der Waals surface area contributed by atoms with E-state index in [0.29, 0.717) is 5.65 Å². The Labute approximate surface area is 109 Å². The van der Waals surface area contributed by atoms with Gasteiger partial charge in [-0.05, 0) is 12.1 Å². The number of hydrogen-bond donors (Lipinski definition) is 0. The van der Waals surface area contributed by atoms with Crippen molar-refractivity contribution in [3.63, 3.8) is 0 Å². The average Bonchev–Trinajstić information content (AvgIpc) is 2.86. The average molecular weight is 246 g/mol. The van der Waals surface area contributed by atoms with Crippen LogP contribution in [0.15, 0.2) is 60.9 Å². The van der Waals surface area contributed by atoms with Crippen molar-refractivity contribution in [3.8, 4) is 11.3 Å². The zero-order chi connectivity index (χ0) is 12.7. The third kappa shape index (κ3) is 1.57. The standard InChI is InChI=1S/C15H10N4/c1-2-6-11(7-3-1)12-10-16-15-14(17-12)13-8-4-5-9-19(13)18-15/h1-10H. The summed E-state index contributed by atoms with van der Waals surface area (Å²) in [4.78, 5) is 9.09. The molecule has 1 aromatic carbocycles. The molecule has 3 heterocycles. The molecule has 0 saturated heterocycles. The fraction of sp³-hybridized carbons (Fsp3) is 0. The lowest BCUT2D eigenvalue weighted by Gasteiger charge is -1.99. The van der Waals surface area contributed by atoms with E-state index in [2.05, 4.69) is 15.1 Å². The Morgan fingerprint density at radius 2 is 1.74 bits per heavy atom. The molecule has 0 unspecified atom stereocenters. The minimum atomic E-state index is 0.672. The Morgan fingerprint density at radius 3 is 2.63 bits per heavy atom. The van der Waals surface area contributed by atoms with Gasteiger partial charge in [-0.25, -0.2) is 14.5 Å². The third-order valence-corrected chi connectivity index (χ3v) is 3.11. The summed E-state index contributed by atoms with van der Waals surface area (Å²) in [6.45, 7) is 0. The largest absolute Gasteiger partial charge is 0.240 e. The summed E-state index contributed by atoms with van der Waals surface area (Å²) in [6, 6.07) is 16.0. The quantitative estimate of drug-likeness (QED) is 0.518. The highest BCUT2D eigenvalue weighted by atomic mass is 15.2. The van der Waals surface area contributed by atoms with Crippen LogP contribution in [0, 0.1) is 0 Å². The summed E-state index contributed by atoms with van der Waals surface area (Å²) in [5, 5.41) is 4.39. The summed E-state index contributed by atoms with van der Waals surface area (Å²) in [5.41, 5.74) is 4.41. The van der Waals surface area contributed by atoms with Crippen molar-refractivity contribution < 1.29 is 0 Å². The molecule has 0 atom stereocenters. The van der Waals surface area contributed by atoms with E-state index in [1.54, 1.807) is 10.7 Å². The zero-order valence-electron chi connectivity index (χ0n) is 10.1. The molecular weight excluding hydrogens is 236 g/mol. The Hall–Kier alpha value is -2.75. The zero-order valence-corrected chi connectivity index (χ0v) is 10.1. The van der Waals surface area contributed by atoms with Crippen LogP contribution in [0.5, 0.6) is 0 Å². The molecule has 0 aliphatic rings. The molecule has 0 saturated carbocycles. The molecule has 0 fully saturated rings. The van der Waals surface area contributed by atoms with Gasteiger partial charge in [-0.15, -0.1) is 5.10 Å². The van der Waals surface area contributed by atoms with Crippen molar-refractivity contribution in [2.75, 3.05) is 0 Å². The summed E-state index contributed by atoms with van der Waals surface area (Å²) < 4.78 is 1.80. The van der Waals surface area contributed by atoms with E-state index in [1.165, 1.54) is 0 Å². The Bertz CT molecular complexity index is 865. The third-order valence-electron chi connectivity index (χ3n) is 3.11. The van der Waals surface area contributed by atoms with Gasteiger partial charge in [-0.2, -0.15) is 0 Å². The minimum absolute atomic E-state index is 0.672. The lowest BCUT2D eigenvalue weighted by atomic mass is 10.2. The number of rotatable bonds is 1. The lowest BCUT2D eigenvalue weighted by Crippen LogP contribution is -1.86. The molecule has 0 aliphatic carbocycles. The van der Waals surface area contributed by atoms with Crippen LogP contribution in [0.2, 0.25) is 0 Å². The molecular formula is C15H10N4. The van der Waals surface area contributed by atoms with Crippen LogP contribution in [0.1, 0.15) is 0 Å². The smallest absolute Gasteiger partial charge is 0.200 e. The van der Waals surface area contributed by atoms with Gasteiger partial charge in [0.05, 0.1) is 17.4 Å². The Morgan fingerprint density at radius 1 is 0.895 bits per heavy atom. The van der Waals surface area contributed by atoms with Gasteiger partial charge in [0.2, 0.25) is 5.65 Å². The van der Waals surface area contributed by atoms with Crippen LogP contribution in [0.3, 0.4) is 0 Å². The minimum Gasteiger partial charge on any atom is -0.240 e. The second-order valence-electron chi connectivity index (χ2n) is 4.32. The molecule has 3 aromatic heterocycles. The first-order valence-corrected chi connectivity index (χ1v) is 6.07.